The van der Waals surface area contributed by atoms with Gasteiger partial charge in [-0.2, -0.15) is 0 Å². The largest absolute Gasteiger partial charge is 0.356 e. The van der Waals surface area contributed by atoms with Crippen LogP contribution in [-0.4, -0.2) is 27.9 Å². The minimum absolute atomic E-state index is 0.0882. The Morgan fingerprint density at radius 2 is 1.96 bits per heavy atom. The molecule has 0 heterocycles. The zero-order chi connectivity index (χ0) is 17.3. The maximum absolute atomic E-state index is 12.3. The number of hydrogen-bond donors (Lipinski definition) is 0. The molecule has 0 fully saturated rings. The second-order valence-corrected chi connectivity index (χ2v) is 7.59. The molecule has 0 saturated carbocycles. The third-order valence-corrected chi connectivity index (χ3v) is 4.81. The summed E-state index contributed by atoms with van der Waals surface area (Å²) in [5.74, 6) is 2.60. The third kappa shape index (κ3) is 6.19. The summed E-state index contributed by atoms with van der Waals surface area (Å²) in [5.41, 5.74) is -0.408. The molecule has 1 rings (SSSR count). The molecule has 1 atom stereocenters. The number of ether oxygens (including phenoxy) is 2. The molecular formula is C18H24O4S. The summed E-state index contributed by atoms with van der Waals surface area (Å²) >= 11 is 0. The first-order chi connectivity index (χ1) is 10.8. The van der Waals surface area contributed by atoms with Crippen molar-refractivity contribution in [1.82, 2.24) is 0 Å². The minimum Gasteiger partial charge on any atom is -0.356 e. The van der Waals surface area contributed by atoms with Crippen molar-refractivity contribution in [2.75, 3.05) is 13.4 Å². The van der Waals surface area contributed by atoms with Crippen LogP contribution in [0, 0.1) is 17.8 Å². The average molecular weight is 336 g/mol. The molecule has 1 unspecified atom stereocenters. The first-order valence-corrected chi connectivity index (χ1v) is 8.99. The number of hydrogen-bond acceptors (Lipinski definition) is 4. The Hall–Kier alpha value is -1.61. The topological polar surface area (TPSA) is 52.6 Å². The molecule has 5 heteroatoms. The van der Waals surface area contributed by atoms with Crippen LogP contribution >= 0.6 is 0 Å². The lowest BCUT2D eigenvalue weighted by Crippen LogP contribution is -2.31. The highest BCUT2D eigenvalue weighted by Crippen LogP contribution is 2.29. The Morgan fingerprint density at radius 3 is 2.52 bits per heavy atom. The lowest BCUT2D eigenvalue weighted by atomic mass is 9.83. The summed E-state index contributed by atoms with van der Waals surface area (Å²) in [6.07, 6.45) is 6.93. The van der Waals surface area contributed by atoms with Crippen LogP contribution in [0.3, 0.4) is 0 Å². The van der Waals surface area contributed by atoms with Gasteiger partial charge in [-0.1, -0.05) is 32.0 Å². The van der Waals surface area contributed by atoms with Crippen molar-refractivity contribution in [2.45, 2.75) is 38.2 Å². The monoisotopic (exact) mass is 336 g/mol. The van der Waals surface area contributed by atoms with E-state index in [1.54, 1.807) is 36.4 Å². The van der Waals surface area contributed by atoms with Crippen molar-refractivity contribution in [1.29, 1.82) is 0 Å². The zero-order valence-electron chi connectivity index (χ0n) is 13.9. The molecule has 0 spiro atoms. The average Bonchev–Trinajstić information content (AvgIpc) is 2.51. The van der Waals surface area contributed by atoms with Gasteiger partial charge in [0.2, 0.25) is 0 Å². The second kappa shape index (κ2) is 8.88. The van der Waals surface area contributed by atoms with Crippen LogP contribution in [0.5, 0.6) is 0 Å². The predicted molar refractivity (Wildman–Crippen MR) is 91.4 cm³/mol. The third-order valence-electron chi connectivity index (χ3n) is 3.37. The van der Waals surface area contributed by atoms with Crippen LogP contribution in [-0.2, 0) is 19.3 Å². The molecule has 0 aliphatic rings. The molecule has 23 heavy (non-hydrogen) atoms. The fraction of sp³-hybridized carbons (Fsp3) is 0.444. The molecule has 126 valence electrons. The number of rotatable bonds is 9. The maximum atomic E-state index is 12.3. The van der Waals surface area contributed by atoms with Gasteiger partial charge in [-0.15, -0.1) is 12.3 Å². The van der Waals surface area contributed by atoms with Crippen LogP contribution in [0.2, 0.25) is 0 Å². The van der Waals surface area contributed by atoms with Gasteiger partial charge >= 0.3 is 0 Å². The summed E-state index contributed by atoms with van der Waals surface area (Å²) in [7, 11) is -3.51. The number of benzene rings is 1. The Balaban J connectivity index is 2.97. The molecule has 0 radical (unpaired) electrons. The zero-order valence-corrected chi connectivity index (χ0v) is 14.7. The van der Waals surface area contributed by atoms with E-state index in [9.17, 15) is 8.42 Å². The molecular weight excluding hydrogens is 312 g/mol. The van der Waals surface area contributed by atoms with Gasteiger partial charge in [-0.05, 0) is 25.1 Å². The Bertz CT molecular complexity index is 639. The first-order valence-electron chi connectivity index (χ1n) is 7.44. The molecule has 4 nitrogen and oxygen atoms in total. The molecule has 0 saturated heterocycles. The van der Waals surface area contributed by atoms with Crippen LogP contribution in [0.4, 0.5) is 0 Å². The normalized spacial score (nSPS) is 13.8. The van der Waals surface area contributed by atoms with Gasteiger partial charge in [0.15, 0.2) is 9.84 Å². The van der Waals surface area contributed by atoms with Gasteiger partial charge in [-0.25, -0.2) is 8.42 Å². The number of sulfone groups is 1. The standard InChI is InChI=1S/C18H24O4S/c1-5-13-18(3,4)17(22-15-21-6-2)12-14-23(19,20)16-10-8-7-9-11-16/h1,7-12,14,17H,6,13,15H2,2-4H3/b14-12+. The Kier molecular flexibility index (Phi) is 7.50. The molecule has 0 aliphatic carbocycles. The van der Waals surface area contributed by atoms with Crippen molar-refractivity contribution in [3.63, 3.8) is 0 Å². The molecule has 1 aromatic rings. The van der Waals surface area contributed by atoms with Gasteiger partial charge in [-0.3, -0.25) is 0 Å². The van der Waals surface area contributed by atoms with Gasteiger partial charge in [0, 0.05) is 23.9 Å². The Morgan fingerprint density at radius 1 is 1.30 bits per heavy atom. The predicted octanol–water partition coefficient (Wildman–Crippen LogP) is 3.40. The smallest absolute Gasteiger partial charge is 0.199 e. The second-order valence-electron chi connectivity index (χ2n) is 5.75. The van der Waals surface area contributed by atoms with Gasteiger partial charge in [0.05, 0.1) is 11.0 Å². The summed E-state index contributed by atoms with van der Waals surface area (Å²) in [4.78, 5) is 0.245. The lowest BCUT2D eigenvalue weighted by Gasteiger charge is -2.30. The molecule has 1 aromatic carbocycles. The quantitative estimate of drug-likeness (QED) is 0.394. The van der Waals surface area contributed by atoms with E-state index in [-0.39, 0.29) is 11.7 Å². The van der Waals surface area contributed by atoms with Gasteiger partial charge < -0.3 is 9.47 Å². The van der Waals surface area contributed by atoms with Crippen LogP contribution in [0.15, 0.2) is 46.7 Å². The van der Waals surface area contributed by atoms with E-state index in [4.69, 9.17) is 15.9 Å². The summed E-state index contributed by atoms with van der Waals surface area (Å²) in [6.45, 7) is 6.34. The van der Waals surface area contributed by atoms with Crippen molar-refractivity contribution in [3.05, 3.63) is 41.8 Å². The fourth-order valence-corrected chi connectivity index (χ4v) is 3.02. The van der Waals surface area contributed by atoms with E-state index in [0.717, 1.165) is 0 Å². The van der Waals surface area contributed by atoms with E-state index < -0.39 is 21.4 Å². The van der Waals surface area contributed by atoms with Crippen LogP contribution < -0.4 is 0 Å². The maximum Gasteiger partial charge on any atom is 0.199 e. The van der Waals surface area contributed by atoms with Crippen molar-refractivity contribution >= 4 is 9.84 Å². The van der Waals surface area contributed by atoms with Crippen LogP contribution in [0.25, 0.3) is 0 Å². The first kappa shape index (κ1) is 19.4. The summed E-state index contributed by atoms with van der Waals surface area (Å²) in [5, 5.41) is 1.18. The van der Waals surface area contributed by atoms with Crippen LogP contribution in [0.1, 0.15) is 27.2 Å². The molecule has 0 aliphatic heterocycles. The van der Waals surface area contributed by atoms with Crippen molar-refractivity contribution in [3.8, 4) is 12.3 Å². The van der Waals surface area contributed by atoms with Gasteiger partial charge in [0.25, 0.3) is 0 Å². The Labute approximate surface area is 139 Å². The minimum atomic E-state index is -3.51. The molecule has 0 bridgehead atoms. The van der Waals surface area contributed by atoms with E-state index in [2.05, 4.69) is 5.92 Å². The van der Waals surface area contributed by atoms with Crippen molar-refractivity contribution < 1.29 is 17.9 Å². The molecule has 0 aromatic heterocycles. The highest BCUT2D eigenvalue weighted by Gasteiger charge is 2.28. The summed E-state index contributed by atoms with van der Waals surface area (Å²) in [6, 6.07) is 8.26. The SMILES string of the molecule is C#CCC(C)(C)C(/C=C/S(=O)(=O)c1ccccc1)OCOCC. The van der Waals surface area contributed by atoms with Gasteiger partial charge in [0.1, 0.15) is 6.79 Å². The van der Waals surface area contributed by atoms with E-state index in [0.29, 0.717) is 13.0 Å². The van der Waals surface area contributed by atoms with Crippen molar-refractivity contribution in [2.24, 2.45) is 5.41 Å². The highest BCUT2D eigenvalue weighted by molar-refractivity contribution is 7.94. The number of terminal acetylenes is 1. The fourth-order valence-electron chi connectivity index (χ4n) is 1.97. The lowest BCUT2D eigenvalue weighted by molar-refractivity contribution is -0.102. The van der Waals surface area contributed by atoms with E-state index >= 15 is 0 Å². The van der Waals surface area contributed by atoms with E-state index in [1.807, 2.05) is 20.8 Å². The van der Waals surface area contributed by atoms with E-state index in [1.165, 1.54) is 5.41 Å². The highest BCUT2D eigenvalue weighted by atomic mass is 32.2. The molecule has 0 amide bonds. The molecule has 0 N–H and O–H groups in total. The summed E-state index contributed by atoms with van der Waals surface area (Å²) < 4.78 is 35.5.